The molecular formula is C19H23N5O2. The zero-order valence-corrected chi connectivity index (χ0v) is 15.1. The smallest absolute Gasteiger partial charge is 0.254 e. The maximum absolute atomic E-state index is 13.2. The molecule has 0 saturated carbocycles. The topological polar surface area (TPSA) is 90.2 Å². The van der Waals surface area contributed by atoms with Gasteiger partial charge in [0.1, 0.15) is 5.69 Å². The third-order valence-corrected chi connectivity index (χ3v) is 4.97. The molecule has 1 amide bonds. The Morgan fingerprint density at radius 3 is 2.96 bits per heavy atom. The molecule has 7 heteroatoms. The average molecular weight is 353 g/mol. The van der Waals surface area contributed by atoms with Crippen molar-refractivity contribution in [1.29, 1.82) is 0 Å². The molecule has 2 N–H and O–H groups in total. The number of likely N-dealkylation sites (tertiary alicyclic amines) is 1. The number of carbonyl (C=O) groups is 1. The lowest BCUT2D eigenvalue weighted by Gasteiger charge is -2.17. The highest BCUT2D eigenvalue weighted by Crippen LogP contribution is 2.28. The lowest BCUT2D eigenvalue weighted by Crippen LogP contribution is -2.30. The van der Waals surface area contributed by atoms with E-state index in [0.717, 1.165) is 18.4 Å². The monoisotopic (exact) mass is 353 g/mol. The zero-order valence-electron chi connectivity index (χ0n) is 15.1. The molecule has 1 fully saturated rings. The van der Waals surface area contributed by atoms with Crippen LogP contribution in [0.15, 0.2) is 35.1 Å². The van der Waals surface area contributed by atoms with Crippen molar-refractivity contribution in [2.24, 2.45) is 11.7 Å². The Morgan fingerprint density at radius 2 is 2.31 bits per heavy atom. The van der Waals surface area contributed by atoms with E-state index in [9.17, 15) is 4.79 Å². The van der Waals surface area contributed by atoms with Crippen molar-refractivity contribution in [3.63, 3.8) is 0 Å². The van der Waals surface area contributed by atoms with Crippen LogP contribution in [0.5, 0.6) is 0 Å². The fourth-order valence-corrected chi connectivity index (χ4v) is 3.50. The molecule has 0 spiro atoms. The normalized spacial score (nSPS) is 17.5. The van der Waals surface area contributed by atoms with Gasteiger partial charge in [-0.1, -0.05) is 0 Å². The number of pyridine rings is 1. The summed E-state index contributed by atoms with van der Waals surface area (Å²) in [6.07, 6.45) is 4.29. The molecule has 4 rings (SSSR count). The lowest BCUT2D eigenvalue weighted by atomic mass is 10.1. The number of rotatable bonds is 4. The number of fused-ring (bicyclic) bond motifs is 1. The van der Waals surface area contributed by atoms with E-state index in [4.69, 9.17) is 15.1 Å². The molecule has 136 valence electrons. The van der Waals surface area contributed by atoms with Crippen molar-refractivity contribution in [3.8, 4) is 11.5 Å². The predicted molar refractivity (Wildman–Crippen MR) is 98.7 cm³/mol. The molecule has 3 aromatic heterocycles. The largest absolute Gasteiger partial charge is 0.463 e. The first-order valence-electron chi connectivity index (χ1n) is 9.00. The molecule has 7 nitrogen and oxygen atoms in total. The summed E-state index contributed by atoms with van der Waals surface area (Å²) >= 11 is 0. The summed E-state index contributed by atoms with van der Waals surface area (Å²) in [5, 5.41) is 5.22. The second kappa shape index (κ2) is 6.57. The van der Waals surface area contributed by atoms with Crippen molar-refractivity contribution in [2.45, 2.75) is 26.3 Å². The average Bonchev–Trinajstić information content (AvgIpc) is 3.39. The van der Waals surface area contributed by atoms with Gasteiger partial charge in [0.05, 0.1) is 23.4 Å². The molecule has 3 aromatic rings. The number of hydrogen-bond acceptors (Lipinski definition) is 5. The first-order valence-corrected chi connectivity index (χ1v) is 9.00. The van der Waals surface area contributed by atoms with Crippen LogP contribution in [0.25, 0.3) is 22.5 Å². The van der Waals surface area contributed by atoms with Crippen molar-refractivity contribution < 1.29 is 9.21 Å². The van der Waals surface area contributed by atoms with E-state index < -0.39 is 0 Å². The fraction of sp³-hybridized carbons (Fsp3) is 0.421. The molecule has 0 radical (unpaired) electrons. The number of furan rings is 1. The second-order valence-electron chi connectivity index (χ2n) is 7.09. The first kappa shape index (κ1) is 16.8. The van der Waals surface area contributed by atoms with Crippen LogP contribution in [0, 0.1) is 5.92 Å². The van der Waals surface area contributed by atoms with Crippen LogP contribution in [0.3, 0.4) is 0 Å². The summed E-state index contributed by atoms with van der Waals surface area (Å²) in [6.45, 7) is 6.13. The fourth-order valence-electron chi connectivity index (χ4n) is 3.50. The SMILES string of the molecule is CC(C)n1ncc2c(C(=O)N3CCC(CN)C3)cc(-c3ccco3)nc21. The van der Waals surface area contributed by atoms with Gasteiger partial charge in [-0.15, -0.1) is 0 Å². The second-order valence-corrected chi connectivity index (χ2v) is 7.09. The number of amides is 1. The molecule has 4 heterocycles. The van der Waals surface area contributed by atoms with Crippen LogP contribution >= 0.6 is 0 Å². The summed E-state index contributed by atoms with van der Waals surface area (Å²) < 4.78 is 7.34. The summed E-state index contributed by atoms with van der Waals surface area (Å²) in [5.41, 5.74) is 7.74. The van der Waals surface area contributed by atoms with E-state index in [1.807, 2.05) is 41.6 Å². The lowest BCUT2D eigenvalue weighted by molar-refractivity contribution is 0.0789. The molecule has 1 aliphatic rings. The Balaban J connectivity index is 1.83. The molecule has 1 saturated heterocycles. The summed E-state index contributed by atoms with van der Waals surface area (Å²) in [6, 6.07) is 5.61. The van der Waals surface area contributed by atoms with Crippen molar-refractivity contribution >= 4 is 16.9 Å². The number of carbonyl (C=O) groups excluding carboxylic acids is 1. The number of aromatic nitrogens is 3. The molecule has 1 unspecified atom stereocenters. The summed E-state index contributed by atoms with van der Waals surface area (Å²) in [4.78, 5) is 19.8. The van der Waals surface area contributed by atoms with Gasteiger partial charge >= 0.3 is 0 Å². The van der Waals surface area contributed by atoms with Crippen LogP contribution in [-0.2, 0) is 0 Å². The van der Waals surface area contributed by atoms with Crippen molar-refractivity contribution in [3.05, 3.63) is 36.2 Å². The highest BCUT2D eigenvalue weighted by atomic mass is 16.3. The van der Waals surface area contributed by atoms with Gasteiger partial charge in [0, 0.05) is 19.1 Å². The van der Waals surface area contributed by atoms with Gasteiger partial charge in [0.2, 0.25) is 0 Å². The van der Waals surface area contributed by atoms with Crippen LogP contribution in [-0.4, -0.2) is 45.2 Å². The maximum atomic E-state index is 13.2. The minimum atomic E-state index is 0.00413. The Labute approximate surface area is 151 Å². The Morgan fingerprint density at radius 1 is 1.46 bits per heavy atom. The molecule has 0 aromatic carbocycles. The molecule has 0 aliphatic carbocycles. The van der Waals surface area contributed by atoms with Gasteiger partial charge in [-0.2, -0.15) is 5.10 Å². The van der Waals surface area contributed by atoms with E-state index in [1.54, 1.807) is 12.5 Å². The van der Waals surface area contributed by atoms with E-state index in [2.05, 4.69) is 5.10 Å². The molecule has 1 atom stereocenters. The van der Waals surface area contributed by atoms with Crippen molar-refractivity contribution in [1.82, 2.24) is 19.7 Å². The van der Waals surface area contributed by atoms with Gasteiger partial charge in [-0.05, 0) is 50.9 Å². The highest BCUT2D eigenvalue weighted by molar-refractivity contribution is 6.06. The third kappa shape index (κ3) is 2.78. The quantitative estimate of drug-likeness (QED) is 0.779. The van der Waals surface area contributed by atoms with Crippen LogP contribution in [0.2, 0.25) is 0 Å². The van der Waals surface area contributed by atoms with Crippen LogP contribution < -0.4 is 5.73 Å². The highest BCUT2D eigenvalue weighted by Gasteiger charge is 2.28. The predicted octanol–water partition coefficient (Wildman–Crippen LogP) is 2.69. The van der Waals surface area contributed by atoms with E-state index in [0.29, 0.717) is 41.7 Å². The van der Waals surface area contributed by atoms with Crippen LogP contribution in [0.1, 0.15) is 36.7 Å². The number of nitrogens with zero attached hydrogens (tertiary/aromatic N) is 4. The van der Waals surface area contributed by atoms with E-state index >= 15 is 0 Å². The first-order chi connectivity index (χ1) is 12.6. The van der Waals surface area contributed by atoms with Crippen molar-refractivity contribution in [2.75, 3.05) is 19.6 Å². The van der Waals surface area contributed by atoms with Gasteiger partial charge in [-0.3, -0.25) is 4.79 Å². The van der Waals surface area contributed by atoms with Gasteiger partial charge < -0.3 is 15.1 Å². The maximum Gasteiger partial charge on any atom is 0.254 e. The zero-order chi connectivity index (χ0) is 18.3. The molecule has 0 bridgehead atoms. The van der Waals surface area contributed by atoms with Gasteiger partial charge in [-0.25, -0.2) is 9.67 Å². The van der Waals surface area contributed by atoms with Gasteiger partial charge in [0.15, 0.2) is 11.4 Å². The number of nitrogens with two attached hydrogens (primary N) is 1. The third-order valence-electron chi connectivity index (χ3n) is 4.97. The standard InChI is InChI=1S/C19H23N5O2/c1-12(2)24-18-15(10-21-24)14(8-16(22-18)17-4-3-7-26-17)19(25)23-6-5-13(9-20)11-23/h3-4,7-8,10,12-13H,5-6,9,11,20H2,1-2H3. The van der Waals surface area contributed by atoms with Gasteiger partial charge in [0.25, 0.3) is 5.91 Å². The minimum Gasteiger partial charge on any atom is -0.463 e. The Hall–Kier alpha value is -2.67. The Bertz CT molecular complexity index is 929. The van der Waals surface area contributed by atoms with E-state index in [-0.39, 0.29) is 11.9 Å². The molecule has 1 aliphatic heterocycles. The van der Waals surface area contributed by atoms with E-state index in [1.165, 1.54) is 0 Å². The molecular weight excluding hydrogens is 330 g/mol. The Kier molecular flexibility index (Phi) is 4.24. The molecule has 26 heavy (non-hydrogen) atoms. The number of hydrogen-bond donors (Lipinski definition) is 1. The summed E-state index contributed by atoms with van der Waals surface area (Å²) in [7, 11) is 0. The minimum absolute atomic E-state index is 0.00413. The van der Waals surface area contributed by atoms with Crippen LogP contribution in [0.4, 0.5) is 0 Å². The summed E-state index contributed by atoms with van der Waals surface area (Å²) in [5.74, 6) is 1.02.